The molecular weight excluding hydrogens is 435 g/mol. The molecular formula is C22H24Cl2N6O. The zero-order chi connectivity index (χ0) is 21.8. The number of rotatable bonds is 3. The van der Waals surface area contributed by atoms with E-state index in [0.29, 0.717) is 22.3 Å². The van der Waals surface area contributed by atoms with Crippen molar-refractivity contribution in [3.05, 3.63) is 52.9 Å². The third-order valence-corrected chi connectivity index (χ3v) is 7.55. The van der Waals surface area contributed by atoms with Gasteiger partial charge in [0.15, 0.2) is 5.82 Å². The number of fused-ring (bicyclic) bond motifs is 1. The summed E-state index contributed by atoms with van der Waals surface area (Å²) in [7, 11) is 0. The first-order chi connectivity index (χ1) is 14.9. The SMILES string of the molecule is C=C[C@@H]1OCC2(CCN(c3nc(C)c(-c4cccc(Cl)c4Cl)n4cnnc34)CC2)[C@@H]1N. The first kappa shape index (κ1) is 20.7. The molecule has 2 aliphatic rings. The Bertz CT molecular complexity index is 1150. The lowest BCUT2D eigenvalue weighted by Crippen LogP contribution is -2.51. The Morgan fingerprint density at radius 2 is 2.06 bits per heavy atom. The number of nitrogens with two attached hydrogens (primary N) is 1. The second kappa shape index (κ2) is 7.74. The lowest BCUT2D eigenvalue weighted by molar-refractivity contribution is 0.110. The summed E-state index contributed by atoms with van der Waals surface area (Å²) in [6.45, 7) is 8.16. The zero-order valence-corrected chi connectivity index (χ0v) is 18.8. The van der Waals surface area contributed by atoms with Crippen molar-refractivity contribution < 1.29 is 4.74 Å². The smallest absolute Gasteiger partial charge is 0.204 e. The maximum atomic E-state index is 6.51. The van der Waals surface area contributed by atoms with Gasteiger partial charge in [-0.2, -0.15) is 0 Å². The molecule has 0 radical (unpaired) electrons. The second-order valence-corrected chi connectivity index (χ2v) is 9.17. The molecule has 2 aliphatic heterocycles. The number of halogens is 2. The molecule has 162 valence electrons. The predicted molar refractivity (Wildman–Crippen MR) is 123 cm³/mol. The highest BCUT2D eigenvalue weighted by Crippen LogP contribution is 2.43. The molecule has 2 atom stereocenters. The molecule has 0 amide bonds. The summed E-state index contributed by atoms with van der Waals surface area (Å²) in [5.74, 6) is 0.819. The van der Waals surface area contributed by atoms with Crippen molar-refractivity contribution in [3.63, 3.8) is 0 Å². The Morgan fingerprint density at radius 3 is 2.77 bits per heavy atom. The van der Waals surface area contributed by atoms with E-state index in [1.54, 1.807) is 12.4 Å². The van der Waals surface area contributed by atoms with Gasteiger partial charge in [0.25, 0.3) is 0 Å². The van der Waals surface area contributed by atoms with Crippen molar-refractivity contribution in [2.45, 2.75) is 31.9 Å². The fraction of sp³-hybridized carbons (Fsp3) is 0.409. The maximum Gasteiger partial charge on any atom is 0.204 e. The van der Waals surface area contributed by atoms with Gasteiger partial charge in [-0.15, -0.1) is 16.8 Å². The standard InChI is InChI=1S/C22H24Cl2N6O/c1-3-16-19(25)22(11-31-16)7-9-29(10-8-22)20-21-28-26-12-30(21)18(13(2)27-20)14-5-4-6-15(23)17(14)24/h3-6,12,16,19H,1,7-11,25H2,2H3/t16-,19+/m0/s1. The van der Waals surface area contributed by atoms with Gasteiger partial charge in [0.2, 0.25) is 5.65 Å². The fourth-order valence-corrected chi connectivity index (χ4v) is 5.27. The van der Waals surface area contributed by atoms with Crippen molar-refractivity contribution in [1.82, 2.24) is 19.6 Å². The number of aromatic nitrogens is 4. The van der Waals surface area contributed by atoms with Crippen molar-refractivity contribution >= 4 is 34.7 Å². The van der Waals surface area contributed by atoms with E-state index in [1.165, 1.54) is 0 Å². The lowest BCUT2D eigenvalue weighted by atomic mass is 9.73. The van der Waals surface area contributed by atoms with Gasteiger partial charge >= 0.3 is 0 Å². The van der Waals surface area contributed by atoms with Gasteiger partial charge in [0.05, 0.1) is 34.1 Å². The highest BCUT2D eigenvalue weighted by Gasteiger charge is 2.48. The Labute approximate surface area is 190 Å². The number of hydrogen-bond acceptors (Lipinski definition) is 6. The van der Waals surface area contributed by atoms with Gasteiger partial charge in [-0.3, -0.25) is 4.40 Å². The van der Waals surface area contributed by atoms with Crippen LogP contribution in [0.25, 0.3) is 16.9 Å². The van der Waals surface area contributed by atoms with E-state index in [2.05, 4.69) is 21.7 Å². The van der Waals surface area contributed by atoms with E-state index in [4.69, 9.17) is 38.7 Å². The number of nitrogens with zero attached hydrogens (tertiary/aromatic N) is 5. The van der Waals surface area contributed by atoms with Crippen LogP contribution in [0.15, 0.2) is 37.2 Å². The van der Waals surface area contributed by atoms with E-state index in [1.807, 2.05) is 29.5 Å². The van der Waals surface area contributed by atoms with Crippen LogP contribution in [0.1, 0.15) is 18.5 Å². The number of ether oxygens (including phenoxy) is 1. The highest BCUT2D eigenvalue weighted by atomic mass is 35.5. The molecule has 0 saturated carbocycles. The Balaban J connectivity index is 1.50. The van der Waals surface area contributed by atoms with Crippen LogP contribution in [0.4, 0.5) is 5.82 Å². The number of piperidine rings is 1. The molecule has 0 bridgehead atoms. The number of hydrogen-bond donors (Lipinski definition) is 1. The largest absolute Gasteiger partial charge is 0.372 e. The molecule has 0 unspecified atom stereocenters. The van der Waals surface area contributed by atoms with Gasteiger partial charge in [0.1, 0.15) is 6.33 Å². The lowest BCUT2D eigenvalue weighted by Gasteiger charge is -2.41. The van der Waals surface area contributed by atoms with Crippen LogP contribution in [0, 0.1) is 12.3 Å². The molecule has 9 heteroatoms. The summed E-state index contributed by atoms with van der Waals surface area (Å²) < 4.78 is 7.83. The predicted octanol–water partition coefficient (Wildman–Crippen LogP) is 3.91. The zero-order valence-electron chi connectivity index (χ0n) is 17.3. The average Bonchev–Trinajstić information content (AvgIpc) is 3.37. The van der Waals surface area contributed by atoms with Crippen molar-refractivity contribution in [2.75, 3.05) is 24.6 Å². The molecule has 1 aromatic carbocycles. The maximum absolute atomic E-state index is 6.51. The Kier molecular flexibility index (Phi) is 5.17. The summed E-state index contributed by atoms with van der Waals surface area (Å²) in [6, 6.07) is 5.55. The van der Waals surface area contributed by atoms with Crippen LogP contribution >= 0.6 is 23.2 Å². The van der Waals surface area contributed by atoms with Crippen LogP contribution in [-0.2, 0) is 4.74 Å². The minimum Gasteiger partial charge on any atom is -0.372 e. The summed E-state index contributed by atoms with van der Waals surface area (Å²) in [6.07, 6.45) is 5.30. The molecule has 3 aromatic rings. The molecule has 0 aliphatic carbocycles. The molecule has 5 rings (SSSR count). The fourth-order valence-electron chi connectivity index (χ4n) is 4.88. The van der Waals surface area contributed by atoms with Crippen molar-refractivity contribution in [1.29, 1.82) is 0 Å². The second-order valence-electron chi connectivity index (χ2n) is 8.38. The molecule has 2 N–H and O–H groups in total. The van der Waals surface area contributed by atoms with Gasteiger partial charge in [0, 0.05) is 30.1 Å². The summed E-state index contributed by atoms with van der Waals surface area (Å²) in [5.41, 5.74) is 9.67. The number of anilines is 1. The minimum absolute atomic E-state index is 0.0113. The van der Waals surface area contributed by atoms with E-state index in [9.17, 15) is 0 Å². The normalized spacial score (nSPS) is 23.0. The average molecular weight is 459 g/mol. The van der Waals surface area contributed by atoms with Gasteiger partial charge < -0.3 is 15.4 Å². The van der Waals surface area contributed by atoms with Crippen molar-refractivity contribution in [3.8, 4) is 11.3 Å². The van der Waals surface area contributed by atoms with Crippen LogP contribution < -0.4 is 10.6 Å². The minimum atomic E-state index is -0.0724. The molecule has 2 aromatic heterocycles. The third-order valence-electron chi connectivity index (χ3n) is 6.73. The summed E-state index contributed by atoms with van der Waals surface area (Å²) >= 11 is 12.8. The quantitative estimate of drug-likeness (QED) is 0.599. The molecule has 31 heavy (non-hydrogen) atoms. The van der Waals surface area contributed by atoms with E-state index >= 15 is 0 Å². The van der Waals surface area contributed by atoms with E-state index in [0.717, 1.165) is 48.7 Å². The number of aryl methyl sites for hydroxylation is 1. The monoisotopic (exact) mass is 458 g/mol. The topological polar surface area (TPSA) is 81.6 Å². The highest BCUT2D eigenvalue weighted by molar-refractivity contribution is 6.43. The van der Waals surface area contributed by atoms with Crippen LogP contribution in [0.5, 0.6) is 0 Å². The van der Waals surface area contributed by atoms with Crippen LogP contribution in [0.2, 0.25) is 10.0 Å². The first-order valence-electron chi connectivity index (χ1n) is 10.3. The van der Waals surface area contributed by atoms with E-state index < -0.39 is 0 Å². The molecule has 1 spiro atoms. The molecule has 7 nitrogen and oxygen atoms in total. The Hall–Kier alpha value is -2.19. The van der Waals surface area contributed by atoms with E-state index in [-0.39, 0.29) is 17.6 Å². The molecule has 2 fully saturated rings. The van der Waals surface area contributed by atoms with Gasteiger partial charge in [-0.25, -0.2) is 4.98 Å². The summed E-state index contributed by atoms with van der Waals surface area (Å²) in [4.78, 5) is 7.20. The number of benzene rings is 1. The molecule has 4 heterocycles. The van der Waals surface area contributed by atoms with Crippen LogP contribution in [0.3, 0.4) is 0 Å². The third kappa shape index (κ3) is 3.22. The Morgan fingerprint density at radius 1 is 1.29 bits per heavy atom. The van der Waals surface area contributed by atoms with Crippen molar-refractivity contribution in [2.24, 2.45) is 11.1 Å². The first-order valence-corrected chi connectivity index (χ1v) is 11.1. The summed E-state index contributed by atoms with van der Waals surface area (Å²) in [5, 5.41) is 9.52. The van der Waals surface area contributed by atoms with Gasteiger partial charge in [-0.1, -0.05) is 41.4 Å². The van der Waals surface area contributed by atoms with Crippen LogP contribution in [-0.4, -0.2) is 51.4 Å². The van der Waals surface area contributed by atoms with Gasteiger partial charge in [-0.05, 0) is 25.8 Å². The molecule has 2 saturated heterocycles.